The van der Waals surface area contributed by atoms with Crippen LogP contribution in [0.15, 0.2) is 48.0 Å². The van der Waals surface area contributed by atoms with Crippen LogP contribution in [0.4, 0.5) is 5.69 Å². The number of nitrogens with zero attached hydrogens (tertiary/aromatic N) is 1. The number of rotatable bonds is 3. The molecule has 0 aromatic heterocycles. The highest BCUT2D eigenvalue weighted by molar-refractivity contribution is 6.09. The van der Waals surface area contributed by atoms with Gasteiger partial charge in [0.1, 0.15) is 30.6 Å². The molecule has 3 rings (SSSR count). The molecule has 0 spiro atoms. The maximum atomic E-state index is 12.3. The lowest BCUT2D eigenvalue weighted by molar-refractivity contribution is -0.112. The van der Waals surface area contributed by atoms with Gasteiger partial charge in [0, 0.05) is 11.8 Å². The molecular weight excluding hydrogens is 308 g/mol. The minimum absolute atomic E-state index is 0.0458. The van der Waals surface area contributed by atoms with Gasteiger partial charge in [-0.3, -0.25) is 4.79 Å². The van der Waals surface area contributed by atoms with Gasteiger partial charge < -0.3 is 19.9 Å². The van der Waals surface area contributed by atoms with Crippen molar-refractivity contribution in [1.29, 1.82) is 5.26 Å². The molecule has 6 heteroatoms. The number of phenols is 1. The van der Waals surface area contributed by atoms with E-state index in [1.54, 1.807) is 30.3 Å². The zero-order valence-corrected chi connectivity index (χ0v) is 12.7. The summed E-state index contributed by atoms with van der Waals surface area (Å²) in [6, 6.07) is 13.1. The van der Waals surface area contributed by atoms with E-state index in [0.717, 1.165) is 0 Å². The van der Waals surface area contributed by atoms with E-state index in [2.05, 4.69) is 5.32 Å². The molecule has 0 unspecified atom stereocenters. The van der Waals surface area contributed by atoms with Gasteiger partial charge in [0.15, 0.2) is 11.5 Å². The van der Waals surface area contributed by atoms with E-state index in [1.807, 2.05) is 6.07 Å². The molecule has 2 aromatic carbocycles. The van der Waals surface area contributed by atoms with Crippen LogP contribution < -0.4 is 14.8 Å². The summed E-state index contributed by atoms with van der Waals surface area (Å²) in [5.41, 5.74) is 1.10. The van der Waals surface area contributed by atoms with Gasteiger partial charge in [-0.1, -0.05) is 12.1 Å². The lowest BCUT2D eigenvalue weighted by atomic mass is 10.1. The summed E-state index contributed by atoms with van der Waals surface area (Å²) in [5, 5.41) is 21.1. The fourth-order valence-electron chi connectivity index (χ4n) is 2.21. The molecule has 0 bridgehead atoms. The highest BCUT2D eigenvalue weighted by Crippen LogP contribution is 2.32. The summed E-state index contributed by atoms with van der Waals surface area (Å²) in [7, 11) is 0. The van der Waals surface area contributed by atoms with Crippen molar-refractivity contribution in [3.05, 3.63) is 53.6 Å². The smallest absolute Gasteiger partial charge is 0.266 e. The van der Waals surface area contributed by atoms with E-state index in [4.69, 9.17) is 9.47 Å². The first kappa shape index (κ1) is 15.4. The summed E-state index contributed by atoms with van der Waals surface area (Å²) < 4.78 is 10.9. The zero-order chi connectivity index (χ0) is 16.9. The van der Waals surface area contributed by atoms with Crippen molar-refractivity contribution in [1.82, 2.24) is 0 Å². The summed E-state index contributed by atoms with van der Waals surface area (Å²) in [4.78, 5) is 12.3. The van der Waals surface area contributed by atoms with Crippen LogP contribution in [0.25, 0.3) is 6.08 Å². The van der Waals surface area contributed by atoms with Gasteiger partial charge in [-0.25, -0.2) is 0 Å². The number of carbonyl (C=O) groups is 1. The van der Waals surface area contributed by atoms with Crippen molar-refractivity contribution in [2.24, 2.45) is 0 Å². The second kappa shape index (κ2) is 6.75. The number of hydrogen-bond donors (Lipinski definition) is 2. The molecule has 0 saturated heterocycles. The van der Waals surface area contributed by atoms with Crippen molar-refractivity contribution >= 4 is 17.7 Å². The van der Waals surface area contributed by atoms with Gasteiger partial charge in [0.05, 0.1) is 0 Å². The van der Waals surface area contributed by atoms with E-state index in [9.17, 15) is 15.2 Å². The third kappa shape index (κ3) is 3.47. The molecule has 6 nitrogen and oxygen atoms in total. The summed E-state index contributed by atoms with van der Waals surface area (Å²) in [6.07, 6.45) is 1.45. The number of nitrogens with one attached hydrogen (secondary N) is 1. The molecule has 1 heterocycles. The predicted molar refractivity (Wildman–Crippen MR) is 87.8 cm³/mol. The van der Waals surface area contributed by atoms with Gasteiger partial charge in [0.25, 0.3) is 5.91 Å². The maximum Gasteiger partial charge on any atom is 0.266 e. The van der Waals surface area contributed by atoms with Crippen LogP contribution >= 0.6 is 0 Å². The number of fused-ring (bicyclic) bond motifs is 1. The van der Waals surface area contributed by atoms with Gasteiger partial charge >= 0.3 is 0 Å². The Kier molecular flexibility index (Phi) is 4.34. The van der Waals surface area contributed by atoms with E-state index in [0.29, 0.717) is 36.0 Å². The van der Waals surface area contributed by atoms with Crippen molar-refractivity contribution in [2.75, 3.05) is 18.5 Å². The third-order valence-corrected chi connectivity index (χ3v) is 3.37. The number of carbonyl (C=O) groups excluding carboxylic acids is 1. The Morgan fingerprint density at radius 3 is 2.54 bits per heavy atom. The number of nitriles is 1. The summed E-state index contributed by atoms with van der Waals surface area (Å²) in [6.45, 7) is 0.946. The van der Waals surface area contributed by atoms with Gasteiger partial charge in [-0.05, 0) is 35.9 Å². The molecule has 2 N–H and O–H groups in total. The van der Waals surface area contributed by atoms with Gasteiger partial charge in [-0.2, -0.15) is 5.26 Å². The largest absolute Gasteiger partial charge is 0.508 e. The molecular formula is C18H14N2O4. The van der Waals surface area contributed by atoms with Gasteiger partial charge in [-0.15, -0.1) is 0 Å². The van der Waals surface area contributed by atoms with Crippen molar-refractivity contribution in [3.8, 4) is 23.3 Å². The third-order valence-electron chi connectivity index (χ3n) is 3.37. The molecule has 0 atom stereocenters. The Morgan fingerprint density at radius 2 is 1.83 bits per heavy atom. The molecule has 1 aliphatic heterocycles. The second-order valence-corrected chi connectivity index (χ2v) is 5.07. The van der Waals surface area contributed by atoms with Crippen molar-refractivity contribution < 1.29 is 19.4 Å². The van der Waals surface area contributed by atoms with E-state index in [-0.39, 0.29) is 11.3 Å². The summed E-state index contributed by atoms with van der Waals surface area (Å²) in [5.74, 6) is 0.771. The number of hydrogen-bond acceptors (Lipinski definition) is 5. The molecule has 120 valence electrons. The SMILES string of the molecule is N#C/C(=C\c1ccc(O)cc1)C(=O)Nc1ccc2c(c1)OCCO2. The highest BCUT2D eigenvalue weighted by atomic mass is 16.6. The van der Waals surface area contributed by atoms with Crippen LogP contribution in [0, 0.1) is 11.3 Å². The maximum absolute atomic E-state index is 12.3. The number of anilines is 1. The second-order valence-electron chi connectivity index (χ2n) is 5.07. The van der Waals surface area contributed by atoms with Crippen molar-refractivity contribution in [2.45, 2.75) is 0 Å². The van der Waals surface area contributed by atoms with E-state index in [1.165, 1.54) is 18.2 Å². The molecule has 24 heavy (non-hydrogen) atoms. The minimum Gasteiger partial charge on any atom is -0.508 e. The molecule has 0 radical (unpaired) electrons. The van der Waals surface area contributed by atoms with Crippen LogP contribution in [-0.2, 0) is 4.79 Å². The first-order chi connectivity index (χ1) is 11.7. The standard InChI is InChI=1S/C18H14N2O4/c19-11-13(9-12-1-4-15(21)5-2-12)18(22)20-14-3-6-16-17(10-14)24-8-7-23-16/h1-6,9-10,21H,7-8H2,(H,20,22)/b13-9+. The fourth-order valence-corrected chi connectivity index (χ4v) is 2.21. The van der Waals surface area contributed by atoms with Crippen molar-refractivity contribution in [3.63, 3.8) is 0 Å². The fraction of sp³-hybridized carbons (Fsp3) is 0.111. The lowest BCUT2D eigenvalue weighted by Gasteiger charge is -2.18. The number of ether oxygens (including phenoxy) is 2. The topological polar surface area (TPSA) is 91.6 Å². The van der Waals surface area contributed by atoms with Gasteiger partial charge in [0.2, 0.25) is 0 Å². The zero-order valence-electron chi connectivity index (χ0n) is 12.7. The number of phenolic OH excluding ortho intramolecular Hbond substituents is 1. The number of benzene rings is 2. The predicted octanol–water partition coefficient (Wildman–Crippen LogP) is 2.71. The molecule has 0 fully saturated rings. The minimum atomic E-state index is -0.526. The number of aromatic hydroxyl groups is 1. The van der Waals surface area contributed by atoms with Crippen LogP contribution in [0.5, 0.6) is 17.2 Å². The Balaban J connectivity index is 1.77. The monoisotopic (exact) mass is 322 g/mol. The van der Waals surface area contributed by atoms with E-state index < -0.39 is 5.91 Å². The Labute approximate surface area is 138 Å². The lowest BCUT2D eigenvalue weighted by Crippen LogP contribution is -2.17. The molecule has 0 saturated carbocycles. The molecule has 0 aliphatic carbocycles. The molecule has 1 aliphatic rings. The first-order valence-corrected chi connectivity index (χ1v) is 7.27. The quantitative estimate of drug-likeness (QED) is 0.669. The Morgan fingerprint density at radius 1 is 1.12 bits per heavy atom. The number of amides is 1. The van der Waals surface area contributed by atoms with Crippen LogP contribution in [0.2, 0.25) is 0 Å². The molecule has 2 aromatic rings. The average molecular weight is 322 g/mol. The molecule has 1 amide bonds. The Hall–Kier alpha value is -3.46. The first-order valence-electron chi connectivity index (χ1n) is 7.27. The van der Waals surface area contributed by atoms with Crippen LogP contribution in [-0.4, -0.2) is 24.2 Å². The van der Waals surface area contributed by atoms with Crippen LogP contribution in [0.1, 0.15) is 5.56 Å². The normalized spacial score (nSPS) is 13.0. The average Bonchev–Trinajstić information content (AvgIpc) is 2.61. The van der Waals surface area contributed by atoms with Crippen LogP contribution in [0.3, 0.4) is 0 Å². The van der Waals surface area contributed by atoms with E-state index >= 15 is 0 Å². The Bertz CT molecular complexity index is 835. The highest BCUT2D eigenvalue weighted by Gasteiger charge is 2.14. The summed E-state index contributed by atoms with van der Waals surface area (Å²) >= 11 is 0.